The van der Waals surface area contributed by atoms with Gasteiger partial charge in [0, 0.05) is 36.7 Å². The molecule has 0 spiro atoms. The zero-order valence-corrected chi connectivity index (χ0v) is 15.6. The van der Waals surface area contributed by atoms with Gasteiger partial charge in [0.05, 0.1) is 12.1 Å². The first-order valence-electron chi connectivity index (χ1n) is 9.70. The van der Waals surface area contributed by atoms with Gasteiger partial charge in [-0.15, -0.1) is 0 Å². The Morgan fingerprint density at radius 2 is 1.93 bits per heavy atom. The molecule has 1 saturated heterocycles. The van der Waals surface area contributed by atoms with Gasteiger partial charge in [-0.05, 0) is 35.7 Å². The third kappa shape index (κ3) is 2.15. The van der Waals surface area contributed by atoms with Crippen LogP contribution in [0.1, 0.15) is 22.9 Å². The first kappa shape index (κ1) is 16.0. The van der Waals surface area contributed by atoms with E-state index in [1.54, 1.807) is 0 Å². The Kier molecular flexibility index (Phi) is 3.29. The number of likely N-dealkylation sites (N-methyl/N-ethyl adjacent to an activating group) is 1. The average Bonchev–Trinajstić information content (AvgIpc) is 3.33. The molecule has 6 rings (SSSR count). The predicted octanol–water partition coefficient (Wildman–Crippen LogP) is 2.68. The SMILES string of the molecule is CN1CCN2C(c3ccc4c(c3)OCO4)c3[nH]c4ccccc4c3C[C@@H]2C1=O. The normalized spacial score (nSPS) is 23.8. The van der Waals surface area contributed by atoms with Crippen LogP contribution in [0.4, 0.5) is 0 Å². The third-order valence-corrected chi connectivity index (χ3v) is 6.32. The molecule has 6 nitrogen and oxygen atoms in total. The Bertz CT molecular complexity index is 1110. The molecule has 1 N–H and O–H groups in total. The molecule has 142 valence electrons. The van der Waals surface area contributed by atoms with Crippen LogP contribution in [-0.2, 0) is 11.2 Å². The molecule has 0 aliphatic carbocycles. The van der Waals surface area contributed by atoms with Crippen LogP contribution in [-0.4, -0.2) is 53.7 Å². The van der Waals surface area contributed by atoms with E-state index in [4.69, 9.17) is 9.47 Å². The summed E-state index contributed by atoms with van der Waals surface area (Å²) in [6, 6.07) is 14.4. The van der Waals surface area contributed by atoms with Gasteiger partial charge >= 0.3 is 0 Å². The lowest BCUT2D eigenvalue weighted by atomic mass is 9.86. The first-order valence-corrected chi connectivity index (χ1v) is 9.70. The Labute approximate surface area is 162 Å². The van der Waals surface area contributed by atoms with Crippen molar-refractivity contribution in [2.24, 2.45) is 0 Å². The summed E-state index contributed by atoms with van der Waals surface area (Å²) < 4.78 is 11.1. The number of nitrogens with one attached hydrogen (secondary N) is 1. The maximum absolute atomic E-state index is 13.0. The van der Waals surface area contributed by atoms with Crippen molar-refractivity contribution in [1.29, 1.82) is 0 Å². The zero-order valence-electron chi connectivity index (χ0n) is 15.6. The molecular formula is C22H21N3O3. The van der Waals surface area contributed by atoms with E-state index in [1.807, 2.05) is 24.1 Å². The largest absolute Gasteiger partial charge is 0.454 e. The number of para-hydroxylation sites is 1. The van der Waals surface area contributed by atoms with E-state index < -0.39 is 0 Å². The lowest BCUT2D eigenvalue weighted by molar-refractivity contribution is -0.141. The summed E-state index contributed by atoms with van der Waals surface area (Å²) in [5.41, 5.74) is 4.69. The maximum atomic E-state index is 13.0. The van der Waals surface area contributed by atoms with E-state index in [0.717, 1.165) is 42.1 Å². The summed E-state index contributed by atoms with van der Waals surface area (Å²) in [5.74, 6) is 1.76. The molecule has 3 aromatic rings. The highest BCUT2D eigenvalue weighted by Gasteiger charge is 2.44. The summed E-state index contributed by atoms with van der Waals surface area (Å²) in [5, 5.41) is 1.21. The Morgan fingerprint density at radius 1 is 1.07 bits per heavy atom. The molecule has 1 fully saturated rings. The fraction of sp³-hybridized carbons (Fsp3) is 0.318. The summed E-state index contributed by atoms with van der Waals surface area (Å²) in [6.45, 7) is 1.85. The fourth-order valence-corrected chi connectivity index (χ4v) is 4.92. The van der Waals surface area contributed by atoms with Gasteiger partial charge in [0.25, 0.3) is 0 Å². The minimum atomic E-state index is -0.138. The van der Waals surface area contributed by atoms with Gasteiger partial charge < -0.3 is 19.4 Å². The van der Waals surface area contributed by atoms with Gasteiger partial charge in [0.15, 0.2) is 11.5 Å². The van der Waals surface area contributed by atoms with Crippen LogP contribution < -0.4 is 9.47 Å². The highest BCUT2D eigenvalue weighted by molar-refractivity contribution is 5.89. The van der Waals surface area contributed by atoms with E-state index in [2.05, 4.69) is 40.2 Å². The first-order chi connectivity index (χ1) is 13.7. The molecule has 0 bridgehead atoms. The van der Waals surface area contributed by atoms with Crippen molar-refractivity contribution >= 4 is 16.8 Å². The summed E-state index contributed by atoms with van der Waals surface area (Å²) in [6.07, 6.45) is 0.740. The number of carbonyl (C=O) groups is 1. The molecular weight excluding hydrogens is 354 g/mol. The van der Waals surface area contributed by atoms with Crippen LogP contribution >= 0.6 is 0 Å². The monoisotopic (exact) mass is 375 g/mol. The molecule has 1 amide bonds. The average molecular weight is 375 g/mol. The van der Waals surface area contributed by atoms with Crippen molar-refractivity contribution in [1.82, 2.24) is 14.8 Å². The molecule has 4 heterocycles. The second kappa shape index (κ2) is 5.75. The fourth-order valence-electron chi connectivity index (χ4n) is 4.92. The molecule has 2 aromatic carbocycles. The highest BCUT2D eigenvalue weighted by Crippen LogP contribution is 2.44. The van der Waals surface area contributed by atoms with Crippen molar-refractivity contribution in [2.45, 2.75) is 18.5 Å². The van der Waals surface area contributed by atoms with Crippen molar-refractivity contribution in [3.8, 4) is 11.5 Å². The maximum Gasteiger partial charge on any atom is 0.240 e. The molecule has 28 heavy (non-hydrogen) atoms. The van der Waals surface area contributed by atoms with E-state index in [-0.39, 0.29) is 24.8 Å². The number of benzene rings is 2. The van der Waals surface area contributed by atoms with Crippen molar-refractivity contribution in [2.75, 3.05) is 26.9 Å². The molecule has 3 aliphatic rings. The van der Waals surface area contributed by atoms with Gasteiger partial charge in [-0.2, -0.15) is 0 Å². The van der Waals surface area contributed by atoms with E-state index in [0.29, 0.717) is 0 Å². The number of ether oxygens (including phenoxy) is 2. The Hall–Kier alpha value is -2.99. The number of carbonyl (C=O) groups excluding carboxylic acids is 1. The third-order valence-electron chi connectivity index (χ3n) is 6.32. The van der Waals surface area contributed by atoms with Gasteiger partial charge in [-0.25, -0.2) is 0 Å². The van der Waals surface area contributed by atoms with Gasteiger partial charge in [-0.3, -0.25) is 9.69 Å². The highest BCUT2D eigenvalue weighted by atomic mass is 16.7. The molecule has 0 saturated carbocycles. The number of amides is 1. The molecule has 1 aromatic heterocycles. The van der Waals surface area contributed by atoms with E-state index in [9.17, 15) is 4.79 Å². The second-order valence-corrected chi connectivity index (χ2v) is 7.80. The minimum absolute atomic E-state index is 0.00620. The number of hydrogen-bond donors (Lipinski definition) is 1. The molecule has 2 atom stereocenters. The number of fused-ring (bicyclic) bond motifs is 5. The van der Waals surface area contributed by atoms with Gasteiger partial charge in [0.1, 0.15) is 0 Å². The number of piperazine rings is 1. The lowest BCUT2D eigenvalue weighted by Gasteiger charge is -2.46. The number of aromatic amines is 1. The summed E-state index contributed by atoms with van der Waals surface area (Å²) >= 11 is 0. The quantitative estimate of drug-likeness (QED) is 0.711. The van der Waals surface area contributed by atoms with Crippen molar-refractivity contribution in [3.05, 3.63) is 59.3 Å². The number of rotatable bonds is 1. The molecule has 3 aliphatic heterocycles. The van der Waals surface area contributed by atoms with E-state index in [1.165, 1.54) is 16.6 Å². The van der Waals surface area contributed by atoms with Crippen LogP contribution in [0.25, 0.3) is 10.9 Å². The van der Waals surface area contributed by atoms with Crippen LogP contribution in [0.15, 0.2) is 42.5 Å². The Balaban J connectivity index is 1.56. The smallest absolute Gasteiger partial charge is 0.240 e. The van der Waals surface area contributed by atoms with Crippen molar-refractivity contribution in [3.63, 3.8) is 0 Å². The minimum Gasteiger partial charge on any atom is -0.454 e. The second-order valence-electron chi connectivity index (χ2n) is 7.80. The number of nitrogens with zero attached hydrogens (tertiary/aromatic N) is 2. The van der Waals surface area contributed by atoms with Gasteiger partial charge in [0.2, 0.25) is 12.7 Å². The predicted molar refractivity (Wildman–Crippen MR) is 105 cm³/mol. The molecule has 6 heteroatoms. The van der Waals surface area contributed by atoms with Crippen molar-refractivity contribution < 1.29 is 14.3 Å². The van der Waals surface area contributed by atoms with Crippen LogP contribution in [0, 0.1) is 0 Å². The van der Waals surface area contributed by atoms with Crippen LogP contribution in [0.5, 0.6) is 11.5 Å². The van der Waals surface area contributed by atoms with Crippen LogP contribution in [0.2, 0.25) is 0 Å². The lowest BCUT2D eigenvalue weighted by Crippen LogP contribution is -2.59. The number of aromatic nitrogens is 1. The number of hydrogen-bond acceptors (Lipinski definition) is 4. The zero-order chi connectivity index (χ0) is 18.8. The Morgan fingerprint density at radius 3 is 2.86 bits per heavy atom. The summed E-state index contributed by atoms with van der Waals surface area (Å²) in [7, 11) is 1.90. The van der Waals surface area contributed by atoms with Gasteiger partial charge in [-0.1, -0.05) is 24.3 Å². The molecule has 0 radical (unpaired) electrons. The molecule has 1 unspecified atom stereocenters. The summed E-state index contributed by atoms with van der Waals surface area (Å²) in [4.78, 5) is 20.9. The van der Waals surface area contributed by atoms with E-state index >= 15 is 0 Å². The van der Waals surface area contributed by atoms with Crippen LogP contribution in [0.3, 0.4) is 0 Å². The topological polar surface area (TPSA) is 57.8 Å². The standard InChI is InChI=1S/C22H21N3O3/c1-24-8-9-25-17(22(24)26)11-15-14-4-2-3-5-16(14)23-20(15)21(25)13-6-7-18-19(10-13)28-12-27-18/h2-7,10,17,21,23H,8-9,11-12H2,1H3/t17-,21?/m1/s1. The number of H-pyrrole nitrogens is 1.